The molecule has 0 saturated carbocycles. The highest BCUT2D eigenvalue weighted by Crippen LogP contribution is 2.33. The fourth-order valence-corrected chi connectivity index (χ4v) is 5.44. The summed E-state index contributed by atoms with van der Waals surface area (Å²) in [5, 5.41) is 0. The minimum Gasteiger partial charge on any atom is -0.496 e. The average molecular weight is 406 g/mol. The highest BCUT2D eigenvalue weighted by atomic mass is 79.9. The van der Waals surface area contributed by atoms with E-state index in [1.165, 1.54) is 4.31 Å². The van der Waals surface area contributed by atoms with Gasteiger partial charge in [0, 0.05) is 6.54 Å². The van der Waals surface area contributed by atoms with Gasteiger partial charge >= 0.3 is 0 Å². The third kappa shape index (κ3) is 3.41. The van der Waals surface area contributed by atoms with E-state index in [9.17, 15) is 8.42 Å². The van der Waals surface area contributed by atoms with Crippen molar-refractivity contribution in [2.24, 2.45) is 0 Å². The lowest BCUT2D eigenvalue weighted by molar-refractivity contribution is -0.0913. The maximum absolute atomic E-state index is 13.1. The van der Waals surface area contributed by atoms with Crippen molar-refractivity contribution in [1.29, 1.82) is 0 Å². The Morgan fingerprint density at radius 2 is 2.00 bits per heavy atom. The molecule has 0 bridgehead atoms. The fraction of sp³-hybridized carbons (Fsp3) is 0.600. The Balaban J connectivity index is 1.91. The molecule has 2 aliphatic heterocycles. The number of ether oxygens (including phenoxy) is 3. The molecule has 2 saturated heterocycles. The van der Waals surface area contributed by atoms with Crippen LogP contribution in [0.2, 0.25) is 0 Å². The second-order valence-corrected chi connectivity index (χ2v) is 8.33. The third-order valence-corrected chi connectivity index (χ3v) is 6.73. The molecule has 0 spiro atoms. The van der Waals surface area contributed by atoms with Crippen LogP contribution in [0.5, 0.6) is 5.75 Å². The average Bonchev–Trinajstić information content (AvgIpc) is 3.09. The van der Waals surface area contributed by atoms with E-state index in [0.717, 1.165) is 19.3 Å². The molecule has 23 heavy (non-hydrogen) atoms. The lowest BCUT2D eigenvalue weighted by atomic mass is 10.0. The van der Waals surface area contributed by atoms with E-state index in [2.05, 4.69) is 15.9 Å². The van der Waals surface area contributed by atoms with Crippen molar-refractivity contribution >= 4 is 26.0 Å². The summed E-state index contributed by atoms with van der Waals surface area (Å²) in [6.45, 7) is 1.52. The lowest BCUT2D eigenvalue weighted by Crippen LogP contribution is -2.50. The molecule has 0 N–H and O–H groups in total. The first-order chi connectivity index (χ1) is 11.0. The summed E-state index contributed by atoms with van der Waals surface area (Å²) >= 11 is 3.35. The Hall–Kier alpha value is -0.670. The number of piperidine rings is 1. The molecule has 1 unspecified atom stereocenters. The van der Waals surface area contributed by atoms with Crippen LogP contribution in [0, 0.1) is 0 Å². The van der Waals surface area contributed by atoms with Gasteiger partial charge in [-0.3, -0.25) is 0 Å². The first-order valence-corrected chi connectivity index (χ1v) is 9.86. The van der Waals surface area contributed by atoms with Gasteiger partial charge < -0.3 is 14.2 Å². The third-order valence-electron chi connectivity index (χ3n) is 4.19. The van der Waals surface area contributed by atoms with Gasteiger partial charge in [0.1, 0.15) is 5.75 Å². The SMILES string of the molecule is COc1ccc(S(=O)(=O)N2CCCCC2C2OCCO2)cc1Br. The second kappa shape index (κ2) is 7.06. The van der Waals surface area contributed by atoms with Crippen LogP contribution in [0.25, 0.3) is 0 Å². The van der Waals surface area contributed by atoms with Gasteiger partial charge in [0.15, 0.2) is 6.29 Å². The Kier molecular flexibility index (Phi) is 5.27. The monoisotopic (exact) mass is 405 g/mol. The first-order valence-electron chi connectivity index (χ1n) is 7.62. The van der Waals surface area contributed by atoms with Crippen LogP contribution in [0.3, 0.4) is 0 Å². The summed E-state index contributed by atoms with van der Waals surface area (Å²) in [6, 6.07) is 4.53. The quantitative estimate of drug-likeness (QED) is 0.768. The van der Waals surface area contributed by atoms with Gasteiger partial charge in [-0.25, -0.2) is 8.42 Å². The molecule has 2 heterocycles. The standard InChI is InChI=1S/C15H20BrNO5S/c1-20-14-6-5-11(10-12(14)16)23(18,19)17-7-3-2-4-13(17)15-21-8-9-22-15/h5-6,10,13,15H,2-4,7-9H2,1H3. The van der Waals surface area contributed by atoms with E-state index >= 15 is 0 Å². The Morgan fingerprint density at radius 3 is 2.65 bits per heavy atom. The molecule has 2 aliphatic rings. The lowest BCUT2D eigenvalue weighted by Gasteiger charge is -2.36. The molecule has 6 nitrogen and oxygen atoms in total. The van der Waals surface area contributed by atoms with E-state index in [1.807, 2.05) is 0 Å². The summed E-state index contributed by atoms with van der Waals surface area (Å²) < 4.78 is 44.5. The Morgan fingerprint density at radius 1 is 1.26 bits per heavy atom. The van der Waals surface area contributed by atoms with Gasteiger partial charge in [-0.05, 0) is 47.0 Å². The van der Waals surface area contributed by atoms with E-state index in [1.54, 1.807) is 25.3 Å². The molecule has 0 aliphatic carbocycles. The summed E-state index contributed by atoms with van der Waals surface area (Å²) in [6.07, 6.45) is 2.11. The van der Waals surface area contributed by atoms with Crippen LogP contribution in [-0.2, 0) is 19.5 Å². The van der Waals surface area contributed by atoms with Crippen LogP contribution < -0.4 is 4.74 Å². The number of halogens is 1. The van der Waals surface area contributed by atoms with Crippen molar-refractivity contribution in [3.8, 4) is 5.75 Å². The van der Waals surface area contributed by atoms with E-state index < -0.39 is 16.3 Å². The first kappa shape index (κ1) is 17.2. The molecule has 128 valence electrons. The largest absolute Gasteiger partial charge is 0.496 e. The second-order valence-electron chi connectivity index (χ2n) is 5.59. The molecular weight excluding hydrogens is 386 g/mol. The van der Waals surface area contributed by atoms with Crippen molar-refractivity contribution in [3.63, 3.8) is 0 Å². The number of methoxy groups -OCH3 is 1. The molecular formula is C15H20BrNO5S. The number of sulfonamides is 1. The van der Waals surface area contributed by atoms with Crippen LogP contribution >= 0.6 is 15.9 Å². The molecule has 0 radical (unpaired) electrons. The number of nitrogens with zero attached hydrogens (tertiary/aromatic N) is 1. The summed E-state index contributed by atoms with van der Waals surface area (Å²) in [4.78, 5) is 0.245. The van der Waals surface area contributed by atoms with Gasteiger partial charge in [0.05, 0.1) is 35.7 Å². The number of rotatable bonds is 4. The Bertz CT molecular complexity index is 660. The maximum atomic E-state index is 13.1. The van der Waals surface area contributed by atoms with Gasteiger partial charge in [0.25, 0.3) is 0 Å². The van der Waals surface area contributed by atoms with Crippen LogP contribution in [0.4, 0.5) is 0 Å². The molecule has 1 aromatic rings. The van der Waals surface area contributed by atoms with Crippen molar-refractivity contribution in [3.05, 3.63) is 22.7 Å². The molecule has 1 atom stereocenters. The van der Waals surface area contributed by atoms with Gasteiger partial charge in [0.2, 0.25) is 10.0 Å². The van der Waals surface area contributed by atoms with Gasteiger partial charge in [-0.15, -0.1) is 0 Å². The molecule has 0 amide bonds. The normalized spacial score (nSPS) is 24.0. The predicted octanol–water partition coefficient (Wildman–Crippen LogP) is 2.37. The minimum atomic E-state index is -3.61. The summed E-state index contributed by atoms with van der Waals surface area (Å²) in [5.74, 6) is 0.599. The van der Waals surface area contributed by atoms with Crippen molar-refractivity contribution in [1.82, 2.24) is 4.31 Å². The number of hydrogen-bond acceptors (Lipinski definition) is 5. The Labute approximate surface area is 144 Å². The zero-order valence-corrected chi connectivity index (χ0v) is 15.3. The number of benzene rings is 1. The van der Waals surface area contributed by atoms with E-state index in [4.69, 9.17) is 14.2 Å². The molecule has 3 rings (SSSR count). The number of hydrogen-bond donors (Lipinski definition) is 0. The molecule has 2 fully saturated rings. The highest BCUT2D eigenvalue weighted by molar-refractivity contribution is 9.10. The smallest absolute Gasteiger partial charge is 0.243 e. The fourth-order valence-electron chi connectivity index (χ4n) is 3.04. The zero-order chi connectivity index (χ0) is 16.4. The van der Waals surface area contributed by atoms with Crippen molar-refractivity contribution < 1.29 is 22.6 Å². The molecule has 8 heteroatoms. The molecule has 1 aromatic carbocycles. The molecule has 0 aromatic heterocycles. The van der Waals surface area contributed by atoms with Gasteiger partial charge in [-0.1, -0.05) is 6.42 Å². The van der Waals surface area contributed by atoms with Crippen molar-refractivity contribution in [2.45, 2.75) is 36.5 Å². The minimum absolute atomic E-state index is 0.245. The van der Waals surface area contributed by atoms with Gasteiger partial charge in [-0.2, -0.15) is 4.31 Å². The maximum Gasteiger partial charge on any atom is 0.243 e. The van der Waals surface area contributed by atoms with Crippen LogP contribution in [-0.4, -0.2) is 51.9 Å². The van der Waals surface area contributed by atoms with Crippen LogP contribution in [0.15, 0.2) is 27.6 Å². The van der Waals surface area contributed by atoms with E-state index in [-0.39, 0.29) is 10.9 Å². The van der Waals surface area contributed by atoms with Crippen LogP contribution in [0.1, 0.15) is 19.3 Å². The topological polar surface area (TPSA) is 65.1 Å². The highest BCUT2D eigenvalue weighted by Gasteiger charge is 2.40. The van der Waals surface area contributed by atoms with Crippen molar-refractivity contribution in [2.75, 3.05) is 26.9 Å². The predicted molar refractivity (Wildman–Crippen MR) is 87.9 cm³/mol. The van der Waals surface area contributed by atoms with E-state index in [0.29, 0.717) is 30.0 Å². The summed E-state index contributed by atoms with van der Waals surface area (Å²) in [7, 11) is -2.06. The summed E-state index contributed by atoms with van der Waals surface area (Å²) in [5.41, 5.74) is 0. The zero-order valence-electron chi connectivity index (χ0n) is 12.9.